The molecule has 1 aliphatic rings. The van der Waals surface area contributed by atoms with Crippen molar-refractivity contribution >= 4 is 17.4 Å². The molecule has 0 aliphatic heterocycles. The van der Waals surface area contributed by atoms with Crippen LogP contribution >= 0.6 is 0 Å². The van der Waals surface area contributed by atoms with Gasteiger partial charge in [0.25, 0.3) is 5.91 Å². The second-order valence-electron chi connectivity index (χ2n) is 5.28. The van der Waals surface area contributed by atoms with Crippen molar-refractivity contribution in [3.63, 3.8) is 0 Å². The highest BCUT2D eigenvalue weighted by Gasteiger charge is 2.29. The molecule has 7 heteroatoms. The van der Waals surface area contributed by atoms with Crippen molar-refractivity contribution in [3.05, 3.63) is 40.2 Å². The highest BCUT2D eigenvalue weighted by molar-refractivity contribution is 5.96. The monoisotopic (exact) mass is 288 g/mol. The van der Waals surface area contributed by atoms with Gasteiger partial charge in [0.15, 0.2) is 0 Å². The highest BCUT2D eigenvalue weighted by atomic mass is 16.6. The molecular formula is C14H16N4O3. The molecule has 1 saturated carbocycles. The lowest BCUT2D eigenvalue weighted by molar-refractivity contribution is -0.390. The quantitative estimate of drug-likeness (QED) is 0.693. The largest absolute Gasteiger partial charge is 0.361 e. The summed E-state index contributed by atoms with van der Waals surface area (Å²) in [5, 5.41) is 14.1. The van der Waals surface area contributed by atoms with Crippen LogP contribution in [0.3, 0.4) is 0 Å². The minimum atomic E-state index is -0.560. The van der Waals surface area contributed by atoms with Crippen molar-refractivity contribution in [3.8, 4) is 0 Å². The van der Waals surface area contributed by atoms with E-state index in [0.717, 1.165) is 25.7 Å². The van der Waals surface area contributed by atoms with Crippen LogP contribution in [0.4, 0.5) is 5.82 Å². The van der Waals surface area contributed by atoms with Crippen molar-refractivity contribution in [1.82, 2.24) is 14.7 Å². The standard InChI is InChI=1S/C14H16N4O3/c19-13(15-10-6-2-1-3-7-10)12-14(18(20)21)17-9-5-4-8-11(17)16-12/h4-5,8-10H,1-3,6-7H2,(H,15,19). The molecule has 2 aromatic rings. The van der Waals surface area contributed by atoms with E-state index in [9.17, 15) is 14.9 Å². The zero-order chi connectivity index (χ0) is 14.8. The molecule has 110 valence electrons. The molecule has 2 aromatic heterocycles. The van der Waals surface area contributed by atoms with E-state index in [0.29, 0.717) is 5.65 Å². The van der Waals surface area contributed by atoms with Gasteiger partial charge in [0, 0.05) is 12.1 Å². The number of amides is 1. The molecule has 0 spiro atoms. The number of rotatable bonds is 3. The van der Waals surface area contributed by atoms with Crippen molar-refractivity contribution in [2.24, 2.45) is 0 Å². The fraction of sp³-hybridized carbons (Fsp3) is 0.429. The third kappa shape index (κ3) is 2.58. The van der Waals surface area contributed by atoms with E-state index in [1.807, 2.05) is 0 Å². The first-order valence-electron chi connectivity index (χ1n) is 7.09. The van der Waals surface area contributed by atoms with E-state index >= 15 is 0 Å². The number of nitro groups is 1. The summed E-state index contributed by atoms with van der Waals surface area (Å²) in [5.41, 5.74) is 0.287. The number of imidazole rings is 1. The Labute approximate surface area is 121 Å². The number of carbonyl (C=O) groups is 1. The third-order valence-electron chi connectivity index (χ3n) is 3.83. The fourth-order valence-electron chi connectivity index (χ4n) is 2.81. The number of carbonyl (C=O) groups excluding carboxylic acids is 1. The lowest BCUT2D eigenvalue weighted by atomic mass is 9.95. The molecule has 1 fully saturated rings. The fourth-order valence-corrected chi connectivity index (χ4v) is 2.81. The maximum atomic E-state index is 12.3. The van der Waals surface area contributed by atoms with Gasteiger partial charge in [-0.05, 0) is 23.8 Å². The predicted molar refractivity (Wildman–Crippen MR) is 76.2 cm³/mol. The van der Waals surface area contributed by atoms with Crippen molar-refractivity contribution in [2.75, 3.05) is 0 Å². The molecule has 0 bridgehead atoms. The first-order valence-corrected chi connectivity index (χ1v) is 7.09. The van der Waals surface area contributed by atoms with Gasteiger partial charge in [0.05, 0.1) is 6.20 Å². The maximum Gasteiger partial charge on any atom is 0.361 e. The number of pyridine rings is 1. The number of nitrogens with zero attached hydrogens (tertiary/aromatic N) is 3. The summed E-state index contributed by atoms with van der Waals surface area (Å²) in [4.78, 5) is 27.1. The molecule has 0 aromatic carbocycles. The van der Waals surface area contributed by atoms with Crippen molar-refractivity contribution in [2.45, 2.75) is 38.1 Å². The van der Waals surface area contributed by atoms with Gasteiger partial charge < -0.3 is 15.4 Å². The first kappa shape index (κ1) is 13.5. The van der Waals surface area contributed by atoms with Gasteiger partial charge in [0.1, 0.15) is 0 Å². The van der Waals surface area contributed by atoms with Crippen LogP contribution in [-0.4, -0.2) is 26.3 Å². The van der Waals surface area contributed by atoms with Gasteiger partial charge >= 0.3 is 5.82 Å². The van der Waals surface area contributed by atoms with E-state index in [-0.39, 0.29) is 17.6 Å². The summed E-state index contributed by atoms with van der Waals surface area (Å²) in [6, 6.07) is 5.14. The number of aromatic nitrogens is 2. The second kappa shape index (κ2) is 5.51. The van der Waals surface area contributed by atoms with E-state index < -0.39 is 10.8 Å². The third-order valence-corrected chi connectivity index (χ3v) is 3.83. The zero-order valence-electron chi connectivity index (χ0n) is 11.5. The van der Waals surface area contributed by atoms with Crippen LogP contribution in [0.2, 0.25) is 0 Å². The summed E-state index contributed by atoms with van der Waals surface area (Å²) < 4.78 is 1.33. The number of nitrogens with one attached hydrogen (secondary N) is 1. The lowest BCUT2D eigenvalue weighted by Gasteiger charge is -2.22. The Morgan fingerprint density at radius 3 is 2.81 bits per heavy atom. The Hall–Kier alpha value is -2.44. The van der Waals surface area contributed by atoms with E-state index in [4.69, 9.17) is 0 Å². The van der Waals surface area contributed by atoms with Crippen LogP contribution in [0.5, 0.6) is 0 Å². The Morgan fingerprint density at radius 2 is 2.10 bits per heavy atom. The first-order chi connectivity index (χ1) is 10.2. The maximum absolute atomic E-state index is 12.3. The Bertz CT molecular complexity index is 689. The molecular weight excluding hydrogens is 272 g/mol. The van der Waals surface area contributed by atoms with Crippen molar-refractivity contribution in [1.29, 1.82) is 0 Å². The van der Waals surface area contributed by atoms with E-state index in [2.05, 4.69) is 10.3 Å². The summed E-state index contributed by atoms with van der Waals surface area (Å²) in [5.74, 6) is -0.740. The van der Waals surface area contributed by atoms with Gasteiger partial charge in [-0.2, -0.15) is 9.38 Å². The minimum Gasteiger partial charge on any atom is -0.358 e. The minimum absolute atomic E-state index is 0.0932. The Kier molecular flexibility index (Phi) is 3.55. The van der Waals surface area contributed by atoms with Crippen LogP contribution in [0, 0.1) is 10.1 Å². The summed E-state index contributed by atoms with van der Waals surface area (Å²) in [6.45, 7) is 0. The van der Waals surface area contributed by atoms with Crippen molar-refractivity contribution < 1.29 is 9.72 Å². The molecule has 1 aliphatic carbocycles. The smallest absolute Gasteiger partial charge is 0.358 e. The number of hydrogen-bond donors (Lipinski definition) is 1. The molecule has 0 saturated heterocycles. The van der Waals surface area contributed by atoms with Gasteiger partial charge in [0.2, 0.25) is 11.3 Å². The number of fused-ring (bicyclic) bond motifs is 1. The Morgan fingerprint density at radius 1 is 1.33 bits per heavy atom. The summed E-state index contributed by atoms with van der Waals surface area (Å²) in [6.07, 6.45) is 6.73. The average Bonchev–Trinajstić information content (AvgIpc) is 2.88. The molecule has 2 heterocycles. The molecule has 7 nitrogen and oxygen atoms in total. The van der Waals surface area contributed by atoms with Crippen LogP contribution in [-0.2, 0) is 0 Å². The van der Waals surface area contributed by atoms with Gasteiger partial charge in [-0.25, -0.2) is 0 Å². The Balaban J connectivity index is 1.93. The number of hydrogen-bond acceptors (Lipinski definition) is 4. The zero-order valence-corrected chi connectivity index (χ0v) is 11.5. The molecule has 1 amide bonds. The topological polar surface area (TPSA) is 89.5 Å². The highest BCUT2D eigenvalue weighted by Crippen LogP contribution is 2.22. The molecule has 0 unspecified atom stereocenters. The van der Waals surface area contributed by atoms with Gasteiger partial charge in [-0.3, -0.25) is 4.79 Å². The SMILES string of the molecule is O=C(NC1CCCCC1)c1nc2ccccn2c1[N+](=O)[O-]. The molecule has 21 heavy (non-hydrogen) atoms. The summed E-state index contributed by atoms with van der Waals surface area (Å²) in [7, 11) is 0. The molecule has 1 N–H and O–H groups in total. The van der Waals surface area contributed by atoms with E-state index in [1.165, 1.54) is 17.0 Å². The van der Waals surface area contributed by atoms with Crippen LogP contribution in [0.15, 0.2) is 24.4 Å². The van der Waals surface area contributed by atoms with E-state index in [1.54, 1.807) is 18.2 Å². The lowest BCUT2D eigenvalue weighted by Crippen LogP contribution is -2.36. The summed E-state index contributed by atoms with van der Waals surface area (Å²) >= 11 is 0. The van der Waals surface area contributed by atoms with Gasteiger partial charge in [-0.15, -0.1) is 0 Å². The average molecular weight is 288 g/mol. The second-order valence-corrected chi connectivity index (χ2v) is 5.28. The van der Waals surface area contributed by atoms with Crippen LogP contribution in [0.1, 0.15) is 42.6 Å². The molecule has 0 atom stereocenters. The normalized spacial score (nSPS) is 16.0. The van der Waals surface area contributed by atoms with Gasteiger partial charge in [-0.1, -0.05) is 25.3 Å². The predicted octanol–water partition coefficient (Wildman–Crippen LogP) is 2.30. The molecule has 3 rings (SSSR count). The van der Waals surface area contributed by atoms with Crippen LogP contribution < -0.4 is 5.32 Å². The van der Waals surface area contributed by atoms with Crippen LogP contribution in [0.25, 0.3) is 5.65 Å². The molecule has 0 radical (unpaired) electrons.